The molecule has 0 aromatic rings. The second kappa shape index (κ2) is 16.1. The monoisotopic (exact) mass is 580 g/mol. The summed E-state index contributed by atoms with van der Waals surface area (Å²) in [5.41, 5.74) is 2.04. The summed E-state index contributed by atoms with van der Waals surface area (Å²) in [6.07, 6.45) is 33.6. The largest absolute Gasteiger partial charge is 0.462 e. The van der Waals surface area contributed by atoms with E-state index < -0.39 is 0 Å². The standard InChI is InChI=1S/C39H64O3/c1-5-6-7-8-9-10-11-12-13-14-15-16-17-18-19-20-37(41)42-32-25-27-38(3)31(29-32)21-22-33-35-24-23-34(30(2)40)39(35,4)28-26-36(33)38/h12-13,21,32-36H,5-11,14-20,22-29H2,1-4H3/b13-12-/t32-,33-,34+,35-,36-,38-,39+/m0/s1. The molecule has 0 saturated heterocycles. The summed E-state index contributed by atoms with van der Waals surface area (Å²) in [4.78, 5) is 25.1. The van der Waals surface area contributed by atoms with Crippen molar-refractivity contribution in [2.24, 2.45) is 34.5 Å². The summed E-state index contributed by atoms with van der Waals surface area (Å²) in [6, 6.07) is 0. The zero-order chi connectivity index (χ0) is 30.0. The summed E-state index contributed by atoms with van der Waals surface area (Å²) in [5, 5.41) is 0. The molecule has 0 aromatic heterocycles. The first-order chi connectivity index (χ1) is 20.3. The molecule has 3 fully saturated rings. The Balaban J connectivity index is 1.09. The van der Waals surface area contributed by atoms with E-state index in [1.807, 2.05) is 6.92 Å². The van der Waals surface area contributed by atoms with E-state index in [1.54, 1.807) is 5.57 Å². The van der Waals surface area contributed by atoms with E-state index in [0.717, 1.165) is 56.8 Å². The highest BCUT2D eigenvalue weighted by atomic mass is 16.5. The molecule has 4 aliphatic carbocycles. The zero-order valence-corrected chi connectivity index (χ0v) is 27.9. The molecule has 3 nitrogen and oxygen atoms in total. The molecule has 0 bridgehead atoms. The van der Waals surface area contributed by atoms with E-state index in [4.69, 9.17) is 4.74 Å². The summed E-state index contributed by atoms with van der Waals surface area (Å²) in [6.45, 7) is 9.05. The van der Waals surface area contributed by atoms with Crippen molar-refractivity contribution in [3.63, 3.8) is 0 Å². The van der Waals surface area contributed by atoms with Gasteiger partial charge in [0.05, 0.1) is 0 Å². The third-order valence-corrected chi connectivity index (χ3v) is 12.5. The fourth-order valence-electron chi connectivity index (χ4n) is 9.98. The van der Waals surface area contributed by atoms with Gasteiger partial charge in [-0.3, -0.25) is 9.59 Å². The van der Waals surface area contributed by atoms with Crippen LogP contribution in [0, 0.1) is 34.5 Å². The van der Waals surface area contributed by atoms with Crippen molar-refractivity contribution in [3.8, 4) is 0 Å². The average molecular weight is 581 g/mol. The van der Waals surface area contributed by atoms with E-state index in [0.29, 0.717) is 18.1 Å². The number of unbranched alkanes of at least 4 members (excludes halogenated alkanes) is 11. The van der Waals surface area contributed by atoms with Crippen LogP contribution < -0.4 is 0 Å². The first kappa shape index (κ1) is 33.5. The maximum atomic E-state index is 12.7. The van der Waals surface area contributed by atoms with Crippen LogP contribution in [0.2, 0.25) is 0 Å². The van der Waals surface area contributed by atoms with Gasteiger partial charge < -0.3 is 4.74 Å². The van der Waals surface area contributed by atoms with Gasteiger partial charge in [-0.05, 0) is 113 Å². The molecule has 0 aliphatic heterocycles. The van der Waals surface area contributed by atoms with Crippen molar-refractivity contribution in [3.05, 3.63) is 23.8 Å². The maximum absolute atomic E-state index is 12.7. The number of allylic oxidation sites excluding steroid dienone is 3. The van der Waals surface area contributed by atoms with Gasteiger partial charge >= 0.3 is 5.97 Å². The summed E-state index contributed by atoms with van der Waals surface area (Å²) in [5.74, 6) is 2.86. The van der Waals surface area contributed by atoms with Gasteiger partial charge in [0.15, 0.2) is 0 Å². The number of rotatable bonds is 17. The maximum Gasteiger partial charge on any atom is 0.306 e. The van der Waals surface area contributed by atoms with Crippen LogP contribution in [0.3, 0.4) is 0 Å². The van der Waals surface area contributed by atoms with Crippen molar-refractivity contribution in [1.82, 2.24) is 0 Å². The molecule has 0 amide bonds. The quantitative estimate of drug-likeness (QED) is 0.0976. The van der Waals surface area contributed by atoms with Crippen LogP contribution in [-0.2, 0) is 14.3 Å². The van der Waals surface area contributed by atoms with E-state index >= 15 is 0 Å². The fourth-order valence-corrected chi connectivity index (χ4v) is 9.98. The van der Waals surface area contributed by atoms with Gasteiger partial charge in [0.25, 0.3) is 0 Å². The third kappa shape index (κ3) is 8.20. The van der Waals surface area contributed by atoms with Crippen LogP contribution in [0.1, 0.15) is 169 Å². The Hall–Kier alpha value is -1.38. The molecule has 3 heteroatoms. The molecule has 7 atom stereocenters. The number of fused-ring (bicyclic) bond motifs is 5. The van der Waals surface area contributed by atoms with Crippen LogP contribution in [0.25, 0.3) is 0 Å². The molecular formula is C39H64O3. The molecule has 0 spiro atoms. The minimum Gasteiger partial charge on any atom is -0.462 e. The van der Waals surface area contributed by atoms with Crippen LogP contribution in [0.15, 0.2) is 23.8 Å². The SMILES string of the molecule is CCCCCCCC/C=C\CCCCCCCC(=O)O[C@H]1CC[C@@]2(C)C(=CC[C@H]3[C@@H]4CC[C@H](C(C)=O)[C@@]4(C)CC[C@@H]32)C1. The Morgan fingerprint density at radius 2 is 1.50 bits per heavy atom. The van der Waals surface area contributed by atoms with Gasteiger partial charge in [0, 0.05) is 18.8 Å². The van der Waals surface area contributed by atoms with Crippen LogP contribution in [0.4, 0.5) is 0 Å². The van der Waals surface area contributed by atoms with E-state index in [2.05, 4.69) is 39.0 Å². The minimum atomic E-state index is 0.0187. The Morgan fingerprint density at radius 3 is 2.19 bits per heavy atom. The summed E-state index contributed by atoms with van der Waals surface area (Å²) < 4.78 is 6.04. The normalized spacial score (nSPS) is 34.0. The number of ether oxygens (including phenoxy) is 1. The van der Waals surface area contributed by atoms with Crippen molar-refractivity contribution in [1.29, 1.82) is 0 Å². The Kier molecular flexibility index (Phi) is 12.8. The number of carbonyl (C=O) groups excluding carboxylic acids is 2. The van der Waals surface area contributed by atoms with Crippen molar-refractivity contribution >= 4 is 11.8 Å². The molecule has 0 unspecified atom stereocenters. The van der Waals surface area contributed by atoms with Gasteiger partial charge in [-0.15, -0.1) is 0 Å². The number of carbonyl (C=O) groups is 2. The molecule has 3 saturated carbocycles. The topological polar surface area (TPSA) is 43.4 Å². The Morgan fingerprint density at radius 1 is 0.833 bits per heavy atom. The van der Waals surface area contributed by atoms with E-state index in [1.165, 1.54) is 89.9 Å². The van der Waals surface area contributed by atoms with Crippen LogP contribution in [-0.4, -0.2) is 17.9 Å². The van der Waals surface area contributed by atoms with Crippen molar-refractivity contribution in [2.45, 2.75) is 175 Å². The van der Waals surface area contributed by atoms with Crippen LogP contribution in [0.5, 0.6) is 0 Å². The smallest absolute Gasteiger partial charge is 0.306 e. The van der Waals surface area contributed by atoms with Gasteiger partial charge in [-0.1, -0.05) is 95.9 Å². The fraction of sp³-hybridized carbons (Fsp3) is 0.846. The summed E-state index contributed by atoms with van der Waals surface area (Å²) in [7, 11) is 0. The number of hydrogen-bond acceptors (Lipinski definition) is 3. The lowest BCUT2D eigenvalue weighted by Gasteiger charge is -2.58. The van der Waals surface area contributed by atoms with Crippen molar-refractivity contribution < 1.29 is 14.3 Å². The highest BCUT2D eigenvalue weighted by molar-refractivity contribution is 5.79. The zero-order valence-electron chi connectivity index (χ0n) is 27.9. The van der Waals surface area contributed by atoms with E-state index in [9.17, 15) is 9.59 Å². The average Bonchev–Trinajstić information content (AvgIpc) is 3.33. The highest BCUT2D eigenvalue weighted by Gasteiger charge is 2.59. The second-order valence-corrected chi connectivity index (χ2v) is 15.2. The van der Waals surface area contributed by atoms with Gasteiger partial charge in [-0.2, -0.15) is 0 Å². The van der Waals surface area contributed by atoms with E-state index in [-0.39, 0.29) is 28.8 Å². The first-order valence-electron chi connectivity index (χ1n) is 18.3. The highest BCUT2D eigenvalue weighted by Crippen LogP contribution is 2.66. The molecule has 0 heterocycles. The lowest BCUT2D eigenvalue weighted by Crippen LogP contribution is -2.51. The molecule has 4 aliphatic rings. The molecule has 0 aromatic carbocycles. The summed E-state index contributed by atoms with van der Waals surface area (Å²) >= 11 is 0. The number of Topliss-reactive ketones (excluding diaryl/α,β-unsaturated/α-hetero) is 1. The lowest BCUT2D eigenvalue weighted by molar-refractivity contribution is -0.151. The number of hydrogen-bond donors (Lipinski definition) is 0. The third-order valence-electron chi connectivity index (χ3n) is 12.5. The van der Waals surface area contributed by atoms with Gasteiger partial charge in [0.2, 0.25) is 0 Å². The van der Waals surface area contributed by atoms with Gasteiger partial charge in [0.1, 0.15) is 11.9 Å². The van der Waals surface area contributed by atoms with Crippen molar-refractivity contribution in [2.75, 3.05) is 0 Å². The molecule has 42 heavy (non-hydrogen) atoms. The molecule has 4 rings (SSSR count). The molecule has 0 N–H and O–H groups in total. The Bertz CT molecular complexity index is 932. The number of ketones is 1. The Labute approximate surface area is 259 Å². The second-order valence-electron chi connectivity index (χ2n) is 15.2. The first-order valence-corrected chi connectivity index (χ1v) is 18.3. The van der Waals surface area contributed by atoms with Gasteiger partial charge in [-0.25, -0.2) is 0 Å². The number of esters is 1. The predicted octanol–water partition coefficient (Wildman–Crippen LogP) is 11.1. The lowest BCUT2D eigenvalue weighted by atomic mass is 9.47. The predicted molar refractivity (Wildman–Crippen MR) is 175 cm³/mol. The molecule has 0 radical (unpaired) electrons. The molecule has 238 valence electrons. The minimum absolute atomic E-state index is 0.0187. The van der Waals surface area contributed by atoms with Crippen LogP contribution >= 0.6 is 0 Å². The molecular weight excluding hydrogens is 516 g/mol.